The third-order valence-corrected chi connectivity index (χ3v) is 4.65. The van der Waals surface area contributed by atoms with Crippen molar-refractivity contribution in [3.63, 3.8) is 0 Å². The predicted molar refractivity (Wildman–Crippen MR) is 109 cm³/mol. The van der Waals surface area contributed by atoms with E-state index in [2.05, 4.69) is 22.5 Å². The van der Waals surface area contributed by atoms with Crippen LogP contribution >= 0.6 is 12.2 Å². The van der Waals surface area contributed by atoms with E-state index in [1.54, 1.807) is 12.1 Å². The van der Waals surface area contributed by atoms with E-state index in [1.807, 2.05) is 31.2 Å². The number of anilines is 1. The number of nitrogens with one attached hydrogen (secondary N) is 3. The number of rotatable bonds is 4. The van der Waals surface area contributed by atoms with Crippen LogP contribution in [-0.4, -0.2) is 23.2 Å². The zero-order valence-electron chi connectivity index (χ0n) is 15.1. The fourth-order valence-corrected chi connectivity index (χ4v) is 3.27. The lowest BCUT2D eigenvalue weighted by molar-refractivity contribution is -0.119. The highest BCUT2D eigenvalue weighted by molar-refractivity contribution is 7.80. The monoisotopic (exact) mass is 383 g/mol. The number of methoxy groups -OCH3 is 1. The van der Waals surface area contributed by atoms with Gasteiger partial charge in [-0.2, -0.15) is 0 Å². The van der Waals surface area contributed by atoms with Crippen molar-refractivity contribution < 1.29 is 14.6 Å². The number of amides is 1. The molecule has 1 aliphatic rings. The van der Waals surface area contributed by atoms with Crippen molar-refractivity contribution in [1.82, 2.24) is 10.6 Å². The molecule has 0 saturated carbocycles. The zero-order valence-corrected chi connectivity index (χ0v) is 15.9. The Balaban J connectivity index is 1.91. The Bertz CT molecular complexity index is 896. The lowest BCUT2D eigenvalue weighted by atomic mass is 9.88. The highest BCUT2D eigenvalue weighted by Crippen LogP contribution is 2.35. The first-order valence-corrected chi connectivity index (χ1v) is 8.80. The maximum atomic E-state index is 13.0. The van der Waals surface area contributed by atoms with Gasteiger partial charge >= 0.3 is 0 Å². The topological polar surface area (TPSA) is 82.6 Å². The van der Waals surface area contributed by atoms with E-state index in [1.165, 1.54) is 13.2 Å². The van der Waals surface area contributed by atoms with Gasteiger partial charge in [0.15, 0.2) is 16.6 Å². The summed E-state index contributed by atoms with van der Waals surface area (Å²) in [5.74, 6) is -0.491. The van der Waals surface area contributed by atoms with Gasteiger partial charge in [0.05, 0.1) is 13.2 Å². The van der Waals surface area contributed by atoms with Gasteiger partial charge in [-0.25, -0.2) is 0 Å². The van der Waals surface area contributed by atoms with Crippen molar-refractivity contribution >= 4 is 28.9 Å². The number of hydrogen-bond donors (Lipinski definition) is 4. The summed E-state index contributed by atoms with van der Waals surface area (Å²) in [6, 6.07) is 12.0. The highest BCUT2D eigenvalue weighted by atomic mass is 32.1. The molecule has 3 rings (SSSR count). The summed E-state index contributed by atoms with van der Waals surface area (Å²) in [5.41, 5.74) is 3.06. The molecular formula is C20H21N3O3S. The Hall–Kier alpha value is -3.06. The molecule has 1 amide bonds. The molecule has 2 aromatic rings. The van der Waals surface area contributed by atoms with Crippen molar-refractivity contribution in [3.05, 3.63) is 65.9 Å². The van der Waals surface area contributed by atoms with Crippen LogP contribution in [0.1, 0.15) is 17.2 Å². The molecule has 1 saturated heterocycles. The summed E-state index contributed by atoms with van der Waals surface area (Å²) < 4.78 is 5.18. The van der Waals surface area contributed by atoms with Crippen LogP contribution in [0.15, 0.2) is 54.7 Å². The summed E-state index contributed by atoms with van der Waals surface area (Å²) in [7, 11) is 1.47. The van der Waals surface area contributed by atoms with Gasteiger partial charge in [0.2, 0.25) is 5.91 Å². The van der Waals surface area contributed by atoms with Gasteiger partial charge in [-0.3, -0.25) is 4.79 Å². The van der Waals surface area contributed by atoms with Gasteiger partial charge in [-0.05, 0) is 49.0 Å². The van der Waals surface area contributed by atoms with Gasteiger partial charge < -0.3 is 25.8 Å². The first kappa shape index (κ1) is 18.7. The minimum Gasteiger partial charge on any atom is -0.504 e. The molecule has 0 aromatic heterocycles. The molecule has 0 radical (unpaired) electrons. The third-order valence-electron chi connectivity index (χ3n) is 4.43. The van der Waals surface area contributed by atoms with E-state index in [0.29, 0.717) is 22.2 Å². The molecule has 1 fully saturated rings. The first-order chi connectivity index (χ1) is 12.9. The highest BCUT2D eigenvalue weighted by Gasteiger charge is 2.37. The fourth-order valence-electron chi connectivity index (χ4n) is 3.02. The molecule has 2 unspecified atom stereocenters. The average Bonchev–Trinajstić information content (AvgIpc) is 2.63. The van der Waals surface area contributed by atoms with E-state index >= 15 is 0 Å². The number of phenolic OH excluding ortho intramolecular Hbond substituents is 1. The number of aromatic hydroxyl groups is 1. The van der Waals surface area contributed by atoms with Crippen molar-refractivity contribution in [1.29, 1.82) is 0 Å². The van der Waals surface area contributed by atoms with E-state index in [0.717, 1.165) is 11.1 Å². The normalized spacial score (nSPS) is 19.0. The Kier molecular flexibility index (Phi) is 5.32. The molecule has 2 atom stereocenters. The Morgan fingerprint density at radius 1 is 1.26 bits per heavy atom. The van der Waals surface area contributed by atoms with Crippen molar-refractivity contribution in [2.45, 2.75) is 13.0 Å². The summed E-state index contributed by atoms with van der Waals surface area (Å²) in [4.78, 5) is 13.0. The molecule has 0 spiro atoms. The number of aryl methyl sites for hydroxylation is 1. The van der Waals surface area contributed by atoms with Gasteiger partial charge in [0.25, 0.3) is 0 Å². The van der Waals surface area contributed by atoms with E-state index in [4.69, 9.17) is 17.0 Å². The van der Waals surface area contributed by atoms with Gasteiger partial charge in [0, 0.05) is 11.4 Å². The molecule has 7 heteroatoms. The van der Waals surface area contributed by atoms with Crippen LogP contribution in [0, 0.1) is 12.8 Å². The van der Waals surface area contributed by atoms with Crippen LogP contribution in [0.25, 0.3) is 0 Å². The van der Waals surface area contributed by atoms with Crippen molar-refractivity contribution in [3.8, 4) is 11.5 Å². The number of carbonyl (C=O) groups excluding carboxylic acids is 1. The molecule has 0 bridgehead atoms. The van der Waals surface area contributed by atoms with Crippen LogP contribution in [0.5, 0.6) is 11.5 Å². The SMILES string of the molecule is C=C1NC(=S)NC(c2ccc(O)c(OC)c2)C1C(=O)Nc1ccc(C)cc1. The third kappa shape index (κ3) is 4.03. The van der Waals surface area contributed by atoms with Gasteiger partial charge in [-0.15, -0.1) is 0 Å². The maximum absolute atomic E-state index is 13.0. The van der Waals surface area contributed by atoms with Crippen LogP contribution in [0.4, 0.5) is 5.69 Å². The predicted octanol–water partition coefficient (Wildman–Crippen LogP) is 3.00. The number of hydrogen-bond acceptors (Lipinski definition) is 4. The molecule has 1 heterocycles. The molecule has 4 N–H and O–H groups in total. The minimum atomic E-state index is -0.618. The van der Waals surface area contributed by atoms with E-state index in [-0.39, 0.29) is 11.7 Å². The lowest BCUT2D eigenvalue weighted by Crippen LogP contribution is -2.51. The second-order valence-corrected chi connectivity index (χ2v) is 6.77. The van der Waals surface area contributed by atoms with Crippen LogP contribution in [0.3, 0.4) is 0 Å². The Morgan fingerprint density at radius 2 is 1.96 bits per heavy atom. The standard InChI is InChI=1S/C20H21N3O3S/c1-11-4-7-14(8-5-11)22-19(25)17-12(2)21-20(27)23-18(17)13-6-9-15(24)16(10-13)26-3/h4-10,17-18,24H,2H2,1,3H3,(H,22,25)(H2,21,23,27). The molecule has 6 nitrogen and oxygen atoms in total. The molecule has 1 aliphatic heterocycles. The van der Waals surface area contributed by atoms with Crippen LogP contribution in [-0.2, 0) is 4.79 Å². The number of ether oxygens (including phenoxy) is 1. The zero-order chi connectivity index (χ0) is 19.6. The van der Waals surface area contributed by atoms with E-state index in [9.17, 15) is 9.90 Å². The molecular weight excluding hydrogens is 362 g/mol. The summed E-state index contributed by atoms with van der Waals surface area (Å²) in [6.07, 6.45) is 0. The molecule has 2 aromatic carbocycles. The Labute approximate surface area is 163 Å². The maximum Gasteiger partial charge on any atom is 0.235 e. The molecule has 140 valence electrons. The number of phenols is 1. The second kappa shape index (κ2) is 7.67. The largest absolute Gasteiger partial charge is 0.504 e. The summed E-state index contributed by atoms with van der Waals surface area (Å²) >= 11 is 5.23. The molecule has 27 heavy (non-hydrogen) atoms. The number of benzene rings is 2. The smallest absolute Gasteiger partial charge is 0.235 e. The van der Waals surface area contributed by atoms with Crippen molar-refractivity contribution in [2.24, 2.45) is 5.92 Å². The van der Waals surface area contributed by atoms with E-state index < -0.39 is 12.0 Å². The lowest BCUT2D eigenvalue weighted by Gasteiger charge is -2.35. The van der Waals surface area contributed by atoms with Crippen molar-refractivity contribution in [2.75, 3.05) is 12.4 Å². The minimum absolute atomic E-state index is 0.0252. The first-order valence-electron chi connectivity index (χ1n) is 8.40. The summed E-state index contributed by atoms with van der Waals surface area (Å²) in [5, 5.41) is 19.2. The van der Waals surface area contributed by atoms with Gasteiger partial charge in [-0.1, -0.05) is 30.3 Å². The van der Waals surface area contributed by atoms with Crippen LogP contribution in [0.2, 0.25) is 0 Å². The quantitative estimate of drug-likeness (QED) is 0.608. The second-order valence-electron chi connectivity index (χ2n) is 6.37. The Morgan fingerprint density at radius 3 is 2.63 bits per heavy atom. The van der Waals surface area contributed by atoms with Gasteiger partial charge in [0.1, 0.15) is 5.92 Å². The summed E-state index contributed by atoms with van der Waals surface area (Å²) in [6.45, 7) is 5.96. The number of carbonyl (C=O) groups is 1. The fraction of sp³-hybridized carbons (Fsp3) is 0.200. The molecule has 0 aliphatic carbocycles. The average molecular weight is 383 g/mol. The van der Waals surface area contributed by atoms with Crippen LogP contribution < -0.4 is 20.7 Å². The number of thiocarbonyl (C=S) groups is 1.